The fourth-order valence-electron chi connectivity index (χ4n) is 2.25. The summed E-state index contributed by atoms with van der Waals surface area (Å²) < 4.78 is 0. The monoisotopic (exact) mass is 289 g/mol. The third kappa shape index (κ3) is 3.41. The normalized spacial score (nSPS) is 13.8. The summed E-state index contributed by atoms with van der Waals surface area (Å²) in [5, 5.41) is 12.4. The van der Waals surface area contributed by atoms with Gasteiger partial charge in [-0.05, 0) is 24.5 Å². The summed E-state index contributed by atoms with van der Waals surface area (Å²) in [6.45, 7) is 1.70. The van der Waals surface area contributed by atoms with E-state index in [0.717, 1.165) is 16.5 Å². The van der Waals surface area contributed by atoms with Crippen LogP contribution in [0.3, 0.4) is 0 Å². The lowest BCUT2D eigenvalue weighted by molar-refractivity contribution is -0.142. The zero-order valence-electron chi connectivity index (χ0n) is 11.8. The van der Waals surface area contributed by atoms with Gasteiger partial charge in [0.15, 0.2) is 0 Å². The molecule has 0 spiro atoms. The van der Waals surface area contributed by atoms with Gasteiger partial charge in [0, 0.05) is 17.1 Å². The second-order valence-electron chi connectivity index (χ2n) is 4.98. The number of para-hydroxylation sites is 1. The maximum absolute atomic E-state index is 12.0. The highest BCUT2D eigenvalue weighted by atomic mass is 16.4. The number of carbonyl (C=O) groups is 2. The summed E-state index contributed by atoms with van der Waals surface area (Å²) in [6.07, 6.45) is 2.50. The van der Waals surface area contributed by atoms with Gasteiger partial charge in [-0.15, -0.1) is 0 Å². The van der Waals surface area contributed by atoms with E-state index in [9.17, 15) is 9.59 Å². The number of aromatic nitrogens is 1. The second kappa shape index (κ2) is 6.41. The Morgan fingerprint density at radius 3 is 2.76 bits per heavy atom. The number of carboxylic acids is 1. The molecule has 0 saturated carbocycles. The lowest BCUT2D eigenvalue weighted by Gasteiger charge is -2.16. The average Bonchev–Trinajstić information content (AvgIpc) is 2.87. The van der Waals surface area contributed by atoms with Crippen molar-refractivity contribution in [3.63, 3.8) is 0 Å². The molecule has 0 aliphatic rings. The van der Waals surface area contributed by atoms with E-state index in [1.54, 1.807) is 6.92 Å². The van der Waals surface area contributed by atoms with E-state index in [2.05, 4.69) is 10.3 Å². The molecule has 2 atom stereocenters. The van der Waals surface area contributed by atoms with Crippen molar-refractivity contribution in [2.45, 2.75) is 31.8 Å². The standard InChI is InChI=1S/C15H19N3O3/c1-2-12(15(20)21)18-14(19)11(16)7-9-8-17-13-6-4-3-5-10(9)13/h3-6,8,11-12,17H,2,7,16H2,1H3,(H,18,19)(H,20,21)/t11-,12+/m0/s1. The molecular weight excluding hydrogens is 270 g/mol. The van der Waals surface area contributed by atoms with Gasteiger partial charge in [0.2, 0.25) is 5.91 Å². The Morgan fingerprint density at radius 2 is 2.10 bits per heavy atom. The number of amides is 1. The molecule has 2 rings (SSSR count). The molecule has 1 aromatic carbocycles. The Hall–Kier alpha value is -2.34. The van der Waals surface area contributed by atoms with Crippen LogP contribution in [0.25, 0.3) is 10.9 Å². The lowest BCUT2D eigenvalue weighted by atomic mass is 10.0. The summed E-state index contributed by atoms with van der Waals surface area (Å²) in [4.78, 5) is 26.0. The SMILES string of the molecule is CC[C@@H](NC(=O)[C@@H](N)Cc1c[nH]c2ccccc12)C(=O)O. The number of carboxylic acid groups (broad SMARTS) is 1. The van der Waals surface area contributed by atoms with Crippen LogP contribution in [0.15, 0.2) is 30.5 Å². The predicted molar refractivity (Wildman–Crippen MR) is 79.8 cm³/mol. The van der Waals surface area contributed by atoms with Crippen LogP contribution in [0.2, 0.25) is 0 Å². The van der Waals surface area contributed by atoms with Crippen LogP contribution in [0, 0.1) is 0 Å². The Bertz CT molecular complexity index is 650. The number of carbonyl (C=O) groups excluding carboxylic acids is 1. The first kappa shape index (κ1) is 15.1. The van der Waals surface area contributed by atoms with Crippen molar-refractivity contribution < 1.29 is 14.7 Å². The fourth-order valence-corrected chi connectivity index (χ4v) is 2.25. The van der Waals surface area contributed by atoms with Gasteiger partial charge in [-0.25, -0.2) is 4.79 Å². The van der Waals surface area contributed by atoms with E-state index in [1.165, 1.54) is 0 Å². The van der Waals surface area contributed by atoms with Crippen molar-refractivity contribution in [2.24, 2.45) is 5.73 Å². The predicted octanol–water partition coefficient (Wildman–Crippen LogP) is 1.02. The number of benzene rings is 1. The number of fused-ring (bicyclic) bond motifs is 1. The Morgan fingerprint density at radius 1 is 1.38 bits per heavy atom. The first-order valence-electron chi connectivity index (χ1n) is 6.86. The molecule has 0 bridgehead atoms. The molecule has 1 heterocycles. The highest BCUT2D eigenvalue weighted by Crippen LogP contribution is 2.18. The molecule has 21 heavy (non-hydrogen) atoms. The molecule has 0 saturated heterocycles. The molecule has 6 heteroatoms. The van der Waals surface area contributed by atoms with Gasteiger partial charge in [-0.3, -0.25) is 4.79 Å². The van der Waals surface area contributed by atoms with E-state index >= 15 is 0 Å². The number of nitrogens with two attached hydrogens (primary N) is 1. The third-order valence-electron chi connectivity index (χ3n) is 3.47. The molecular formula is C15H19N3O3. The van der Waals surface area contributed by atoms with Gasteiger partial charge < -0.3 is 21.1 Å². The molecule has 6 nitrogen and oxygen atoms in total. The van der Waals surface area contributed by atoms with Crippen molar-refractivity contribution in [1.29, 1.82) is 0 Å². The first-order chi connectivity index (χ1) is 10.0. The van der Waals surface area contributed by atoms with Gasteiger partial charge in [-0.2, -0.15) is 0 Å². The van der Waals surface area contributed by atoms with E-state index < -0.39 is 24.0 Å². The maximum Gasteiger partial charge on any atom is 0.326 e. The summed E-state index contributed by atoms with van der Waals surface area (Å²) in [6, 6.07) is 6.07. The largest absolute Gasteiger partial charge is 0.480 e. The van der Waals surface area contributed by atoms with E-state index in [-0.39, 0.29) is 0 Å². The zero-order valence-corrected chi connectivity index (χ0v) is 11.8. The molecule has 2 aromatic rings. The summed E-state index contributed by atoms with van der Waals surface area (Å²) >= 11 is 0. The number of hydrogen-bond acceptors (Lipinski definition) is 3. The smallest absolute Gasteiger partial charge is 0.326 e. The molecule has 0 radical (unpaired) electrons. The van der Waals surface area contributed by atoms with Crippen LogP contribution in [0.1, 0.15) is 18.9 Å². The van der Waals surface area contributed by atoms with E-state index in [1.807, 2.05) is 30.5 Å². The highest BCUT2D eigenvalue weighted by Gasteiger charge is 2.22. The Labute approximate surface area is 122 Å². The minimum atomic E-state index is -1.05. The number of aliphatic carboxylic acids is 1. The van der Waals surface area contributed by atoms with Crippen LogP contribution in [-0.4, -0.2) is 34.1 Å². The third-order valence-corrected chi connectivity index (χ3v) is 3.47. The zero-order chi connectivity index (χ0) is 15.4. The minimum Gasteiger partial charge on any atom is -0.480 e. The van der Waals surface area contributed by atoms with E-state index in [0.29, 0.717) is 12.8 Å². The van der Waals surface area contributed by atoms with Crippen LogP contribution in [0.4, 0.5) is 0 Å². The number of rotatable bonds is 6. The summed E-state index contributed by atoms with van der Waals surface area (Å²) in [7, 11) is 0. The lowest BCUT2D eigenvalue weighted by Crippen LogP contribution is -2.48. The highest BCUT2D eigenvalue weighted by molar-refractivity contribution is 5.88. The maximum atomic E-state index is 12.0. The van der Waals surface area contributed by atoms with Gasteiger partial charge >= 0.3 is 5.97 Å². The van der Waals surface area contributed by atoms with Crippen molar-refractivity contribution in [3.05, 3.63) is 36.0 Å². The molecule has 0 aliphatic carbocycles. The molecule has 0 aliphatic heterocycles. The number of nitrogens with one attached hydrogen (secondary N) is 2. The van der Waals surface area contributed by atoms with Crippen molar-refractivity contribution >= 4 is 22.8 Å². The van der Waals surface area contributed by atoms with E-state index in [4.69, 9.17) is 10.8 Å². The van der Waals surface area contributed by atoms with Crippen molar-refractivity contribution in [1.82, 2.24) is 10.3 Å². The topological polar surface area (TPSA) is 108 Å². The Kier molecular flexibility index (Phi) is 4.59. The van der Waals surface area contributed by atoms with Crippen LogP contribution >= 0.6 is 0 Å². The van der Waals surface area contributed by atoms with Gasteiger partial charge in [-0.1, -0.05) is 25.1 Å². The second-order valence-corrected chi connectivity index (χ2v) is 4.98. The van der Waals surface area contributed by atoms with Crippen molar-refractivity contribution in [3.8, 4) is 0 Å². The molecule has 5 N–H and O–H groups in total. The van der Waals surface area contributed by atoms with Gasteiger partial charge in [0.1, 0.15) is 6.04 Å². The quantitative estimate of drug-likeness (QED) is 0.636. The molecule has 1 amide bonds. The van der Waals surface area contributed by atoms with Gasteiger partial charge in [0.25, 0.3) is 0 Å². The minimum absolute atomic E-state index is 0.320. The summed E-state index contributed by atoms with van der Waals surface area (Å²) in [5.74, 6) is -1.50. The average molecular weight is 289 g/mol. The molecule has 0 unspecified atom stereocenters. The number of aromatic amines is 1. The van der Waals surface area contributed by atoms with Crippen molar-refractivity contribution in [2.75, 3.05) is 0 Å². The number of H-pyrrole nitrogens is 1. The summed E-state index contributed by atoms with van der Waals surface area (Å²) in [5.41, 5.74) is 7.81. The van der Waals surface area contributed by atoms with Gasteiger partial charge in [0.05, 0.1) is 6.04 Å². The first-order valence-corrected chi connectivity index (χ1v) is 6.86. The molecule has 112 valence electrons. The number of hydrogen-bond donors (Lipinski definition) is 4. The fraction of sp³-hybridized carbons (Fsp3) is 0.333. The van der Waals surface area contributed by atoms with Crippen LogP contribution in [0.5, 0.6) is 0 Å². The van der Waals surface area contributed by atoms with Crippen LogP contribution < -0.4 is 11.1 Å². The van der Waals surface area contributed by atoms with Crippen LogP contribution in [-0.2, 0) is 16.0 Å². The molecule has 1 aromatic heterocycles. The Balaban J connectivity index is 2.05. The molecule has 0 fully saturated rings.